The van der Waals surface area contributed by atoms with Crippen LogP contribution in [0.25, 0.3) is 16.3 Å². The molecule has 4 rings (SSSR count). The van der Waals surface area contributed by atoms with Crippen LogP contribution in [0, 0.1) is 0 Å². The van der Waals surface area contributed by atoms with Crippen LogP contribution in [-0.4, -0.2) is 9.78 Å². The maximum absolute atomic E-state index is 13.5. The van der Waals surface area contributed by atoms with Crippen molar-refractivity contribution in [1.29, 1.82) is 0 Å². The van der Waals surface area contributed by atoms with Crippen LogP contribution >= 0.6 is 27.3 Å². The highest BCUT2D eigenvalue weighted by molar-refractivity contribution is 9.10. The molecule has 0 N–H and O–H groups in total. The number of fused-ring (bicyclic) bond motifs is 1. The Bertz CT molecular complexity index is 1040. The summed E-state index contributed by atoms with van der Waals surface area (Å²) in [5.41, 5.74) is 0.408. The van der Waals surface area contributed by atoms with E-state index in [1.165, 1.54) is 23.5 Å². The topological polar surface area (TPSA) is 34.9 Å². The minimum atomic E-state index is -4.58. The van der Waals surface area contributed by atoms with Crippen molar-refractivity contribution in [2.75, 3.05) is 0 Å². The van der Waals surface area contributed by atoms with E-state index in [2.05, 4.69) is 21.0 Å². The van der Waals surface area contributed by atoms with E-state index < -0.39 is 17.3 Å². The summed E-state index contributed by atoms with van der Waals surface area (Å²) >= 11 is 4.65. The molecule has 0 saturated heterocycles. The average Bonchev–Trinajstić information content (AvgIpc) is 3.26. The fourth-order valence-electron chi connectivity index (χ4n) is 3.27. The number of nitrogens with zero attached hydrogens (tertiary/aromatic N) is 2. The van der Waals surface area contributed by atoms with E-state index in [4.69, 9.17) is 0 Å². The summed E-state index contributed by atoms with van der Waals surface area (Å²) in [6, 6.07) is 7.29. The zero-order valence-electron chi connectivity index (χ0n) is 13.3. The van der Waals surface area contributed by atoms with Crippen molar-refractivity contribution in [3.8, 4) is 16.3 Å². The molecule has 0 aliphatic heterocycles. The molecule has 0 amide bonds. The number of rotatable bonds is 2. The largest absolute Gasteiger partial charge is 0.418 e. The van der Waals surface area contributed by atoms with Gasteiger partial charge in [-0.3, -0.25) is 4.79 Å². The van der Waals surface area contributed by atoms with E-state index in [1.807, 2.05) is 17.5 Å². The molecular weight excluding hydrogens is 429 g/mol. The number of thiophene rings is 1. The van der Waals surface area contributed by atoms with Crippen LogP contribution in [-0.2, 0) is 19.0 Å². The van der Waals surface area contributed by atoms with Crippen LogP contribution in [0.15, 0.2) is 45.0 Å². The summed E-state index contributed by atoms with van der Waals surface area (Å²) in [6.07, 6.45) is -2.50. The van der Waals surface area contributed by atoms with Crippen molar-refractivity contribution in [3.63, 3.8) is 0 Å². The van der Waals surface area contributed by atoms with Gasteiger partial charge in [-0.1, -0.05) is 22.0 Å². The van der Waals surface area contributed by atoms with E-state index in [1.54, 1.807) is 0 Å². The standard InChI is InChI=1S/C18H12BrF3N2OS/c19-10-6-7-13(18(20,21)22)14(9-10)24-17(25)12-4-1-3-11(12)16(23-24)15-5-2-8-26-15/h2,5-9H,1,3-4H2. The highest BCUT2D eigenvalue weighted by Crippen LogP contribution is 2.36. The maximum atomic E-state index is 13.5. The minimum absolute atomic E-state index is 0.260. The summed E-state index contributed by atoms with van der Waals surface area (Å²) in [5, 5.41) is 6.25. The first-order chi connectivity index (χ1) is 12.4. The van der Waals surface area contributed by atoms with Gasteiger partial charge in [0.15, 0.2) is 0 Å². The normalized spacial score (nSPS) is 13.8. The van der Waals surface area contributed by atoms with Gasteiger partial charge in [-0.2, -0.15) is 23.0 Å². The van der Waals surface area contributed by atoms with Crippen molar-refractivity contribution in [2.24, 2.45) is 0 Å². The molecule has 1 aliphatic carbocycles. The molecule has 1 aliphatic rings. The van der Waals surface area contributed by atoms with Crippen molar-refractivity contribution in [3.05, 3.63) is 67.2 Å². The van der Waals surface area contributed by atoms with Crippen molar-refractivity contribution >= 4 is 27.3 Å². The van der Waals surface area contributed by atoms with Gasteiger partial charge in [0.25, 0.3) is 5.56 Å². The molecule has 0 radical (unpaired) electrons. The monoisotopic (exact) mass is 440 g/mol. The summed E-state index contributed by atoms with van der Waals surface area (Å²) in [6.45, 7) is 0. The van der Waals surface area contributed by atoms with Crippen LogP contribution in [0.1, 0.15) is 23.1 Å². The number of hydrogen-bond donors (Lipinski definition) is 0. The van der Waals surface area contributed by atoms with Crippen LogP contribution in [0.5, 0.6) is 0 Å². The van der Waals surface area contributed by atoms with E-state index in [-0.39, 0.29) is 5.69 Å². The predicted molar refractivity (Wildman–Crippen MR) is 97.9 cm³/mol. The zero-order chi connectivity index (χ0) is 18.5. The van der Waals surface area contributed by atoms with Gasteiger partial charge in [-0.05, 0) is 54.5 Å². The molecule has 0 bridgehead atoms. The molecule has 2 heterocycles. The summed E-state index contributed by atoms with van der Waals surface area (Å²) in [4.78, 5) is 13.7. The second-order valence-corrected chi connectivity index (χ2v) is 7.88. The first-order valence-corrected chi connectivity index (χ1v) is 9.59. The quantitative estimate of drug-likeness (QED) is 0.546. The summed E-state index contributed by atoms with van der Waals surface area (Å²) < 4.78 is 41.8. The fraction of sp³-hybridized carbons (Fsp3) is 0.222. The molecule has 3 aromatic rings. The third-order valence-corrected chi connectivity index (χ3v) is 5.77. The molecule has 1 aromatic carbocycles. The van der Waals surface area contributed by atoms with E-state index in [0.717, 1.165) is 34.0 Å². The maximum Gasteiger partial charge on any atom is 0.418 e. The molecule has 2 aromatic heterocycles. The molecule has 3 nitrogen and oxygen atoms in total. The Hall–Kier alpha value is -1.93. The highest BCUT2D eigenvalue weighted by Gasteiger charge is 2.35. The lowest BCUT2D eigenvalue weighted by molar-refractivity contribution is -0.137. The molecule has 0 fully saturated rings. The lowest BCUT2D eigenvalue weighted by Crippen LogP contribution is -2.28. The van der Waals surface area contributed by atoms with Crippen LogP contribution in [0.3, 0.4) is 0 Å². The average molecular weight is 441 g/mol. The molecule has 0 unspecified atom stereocenters. The first-order valence-electron chi connectivity index (χ1n) is 7.92. The number of benzene rings is 1. The molecule has 8 heteroatoms. The third-order valence-electron chi connectivity index (χ3n) is 4.40. The summed E-state index contributed by atoms with van der Waals surface area (Å²) in [5.74, 6) is 0. The highest BCUT2D eigenvalue weighted by atomic mass is 79.9. The van der Waals surface area contributed by atoms with Gasteiger partial charge in [0, 0.05) is 10.0 Å². The Labute approximate surface area is 159 Å². The first kappa shape index (κ1) is 17.5. The van der Waals surface area contributed by atoms with Crippen molar-refractivity contribution < 1.29 is 13.2 Å². The molecule has 134 valence electrons. The van der Waals surface area contributed by atoms with Gasteiger partial charge in [0.1, 0.15) is 5.69 Å². The smallest absolute Gasteiger partial charge is 0.267 e. The lowest BCUT2D eigenvalue weighted by atomic mass is 10.1. The molecule has 26 heavy (non-hydrogen) atoms. The Morgan fingerprint density at radius 3 is 2.62 bits per heavy atom. The minimum Gasteiger partial charge on any atom is -0.267 e. The Kier molecular flexibility index (Phi) is 4.27. The number of halogens is 4. The fourth-order valence-corrected chi connectivity index (χ4v) is 4.35. The van der Waals surface area contributed by atoms with Crippen molar-refractivity contribution in [1.82, 2.24) is 9.78 Å². The Balaban J connectivity index is 2.04. The van der Waals surface area contributed by atoms with E-state index in [9.17, 15) is 18.0 Å². The van der Waals surface area contributed by atoms with Gasteiger partial charge in [-0.15, -0.1) is 11.3 Å². The van der Waals surface area contributed by atoms with Crippen molar-refractivity contribution in [2.45, 2.75) is 25.4 Å². The molecule has 0 spiro atoms. The van der Waals surface area contributed by atoms with Gasteiger partial charge in [0.2, 0.25) is 0 Å². The predicted octanol–water partition coefficient (Wildman–Crippen LogP) is 5.23. The van der Waals surface area contributed by atoms with Gasteiger partial charge >= 0.3 is 6.18 Å². The van der Waals surface area contributed by atoms with Crippen LogP contribution in [0.4, 0.5) is 13.2 Å². The SMILES string of the molecule is O=c1c2c(c(-c3cccs3)nn1-c1cc(Br)ccc1C(F)(F)F)CCC2. The molecular formula is C18H12BrF3N2OS. The Morgan fingerprint density at radius 2 is 1.92 bits per heavy atom. The van der Waals surface area contributed by atoms with Crippen LogP contribution < -0.4 is 5.56 Å². The van der Waals surface area contributed by atoms with Gasteiger partial charge in [-0.25, -0.2) is 0 Å². The number of hydrogen-bond acceptors (Lipinski definition) is 3. The second kappa shape index (κ2) is 6.35. The molecule has 0 atom stereocenters. The third kappa shape index (κ3) is 2.91. The lowest BCUT2D eigenvalue weighted by Gasteiger charge is -2.16. The zero-order valence-corrected chi connectivity index (χ0v) is 15.7. The second-order valence-electron chi connectivity index (χ2n) is 6.01. The van der Waals surface area contributed by atoms with Crippen LogP contribution in [0.2, 0.25) is 0 Å². The van der Waals surface area contributed by atoms with E-state index in [0.29, 0.717) is 22.2 Å². The number of alkyl halides is 3. The number of aromatic nitrogens is 2. The van der Waals surface area contributed by atoms with E-state index >= 15 is 0 Å². The van der Waals surface area contributed by atoms with Gasteiger partial charge < -0.3 is 0 Å². The summed E-state index contributed by atoms with van der Waals surface area (Å²) in [7, 11) is 0. The Morgan fingerprint density at radius 1 is 1.15 bits per heavy atom. The molecule has 0 saturated carbocycles. The van der Waals surface area contributed by atoms with Gasteiger partial charge in [0.05, 0.1) is 16.1 Å².